The van der Waals surface area contributed by atoms with Crippen molar-refractivity contribution in [3.63, 3.8) is 0 Å². The summed E-state index contributed by atoms with van der Waals surface area (Å²) in [5.74, 6) is 1.27. The molecule has 0 radical (unpaired) electrons. The molecule has 126 valence electrons. The third-order valence-corrected chi connectivity index (χ3v) is 3.97. The van der Waals surface area contributed by atoms with E-state index < -0.39 is 6.10 Å². The molecule has 0 aliphatic carbocycles. The van der Waals surface area contributed by atoms with Gasteiger partial charge >= 0.3 is 0 Å². The molecule has 0 saturated heterocycles. The normalized spacial score (nSPS) is 15.8. The molecule has 2 heterocycles. The lowest BCUT2D eigenvalue weighted by Gasteiger charge is -2.30. The number of para-hydroxylation sites is 2. The van der Waals surface area contributed by atoms with E-state index in [2.05, 4.69) is 11.9 Å². The zero-order valence-electron chi connectivity index (χ0n) is 13.9. The third-order valence-electron chi connectivity index (χ3n) is 3.97. The number of ether oxygens (including phenoxy) is 2. The summed E-state index contributed by atoms with van der Waals surface area (Å²) in [5.41, 5.74) is 1.01. The highest BCUT2D eigenvalue weighted by Gasteiger charge is 2.30. The van der Waals surface area contributed by atoms with E-state index in [-0.39, 0.29) is 12.5 Å². The summed E-state index contributed by atoms with van der Waals surface area (Å²) in [7, 11) is 0. The Morgan fingerprint density at radius 3 is 2.83 bits per heavy atom. The quantitative estimate of drug-likeness (QED) is 0.819. The number of aromatic nitrogens is 1. The Balaban J connectivity index is 1.71. The highest BCUT2D eigenvalue weighted by molar-refractivity contribution is 5.82. The van der Waals surface area contributed by atoms with Crippen LogP contribution >= 0.6 is 0 Å². The van der Waals surface area contributed by atoms with Gasteiger partial charge in [-0.05, 0) is 30.2 Å². The van der Waals surface area contributed by atoms with Crippen molar-refractivity contribution in [1.29, 1.82) is 0 Å². The van der Waals surface area contributed by atoms with Gasteiger partial charge in [0.2, 0.25) is 6.10 Å². The minimum absolute atomic E-state index is 0.0400. The van der Waals surface area contributed by atoms with E-state index in [9.17, 15) is 4.79 Å². The summed E-state index contributed by atoms with van der Waals surface area (Å²) < 4.78 is 11.5. The van der Waals surface area contributed by atoms with Crippen LogP contribution in [0.4, 0.5) is 0 Å². The smallest absolute Gasteiger partial charge is 0.267 e. The first-order chi connectivity index (χ1) is 11.8. The number of amides is 1. The monoisotopic (exact) mass is 326 g/mol. The van der Waals surface area contributed by atoms with Crippen molar-refractivity contribution in [3.8, 4) is 11.5 Å². The van der Waals surface area contributed by atoms with Crippen molar-refractivity contribution in [2.75, 3.05) is 13.2 Å². The van der Waals surface area contributed by atoms with Gasteiger partial charge in [-0.1, -0.05) is 31.5 Å². The molecular weight excluding hydrogens is 304 g/mol. The number of hydrogen-bond donors (Lipinski definition) is 0. The summed E-state index contributed by atoms with van der Waals surface area (Å²) in [6, 6.07) is 11.3. The topological polar surface area (TPSA) is 51.7 Å². The lowest BCUT2D eigenvalue weighted by molar-refractivity contribution is -0.142. The van der Waals surface area contributed by atoms with Crippen molar-refractivity contribution < 1.29 is 14.3 Å². The number of nitrogens with zero attached hydrogens (tertiary/aromatic N) is 2. The fraction of sp³-hybridized carbons (Fsp3) is 0.368. The van der Waals surface area contributed by atoms with Gasteiger partial charge in [0.05, 0.1) is 0 Å². The molecule has 1 unspecified atom stereocenters. The van der Waals surface area contributed by atoms with Crippen molar-refractivity contribution in [3.05, 3.63) is 54.4 Å². The molecule has 1 aliphatic heterocycles. The first kappa shape index (κ1) is 16.3. The second-order valence-electron chi connectivity index (χ2n) is 5.84. The zero-order chi connectivity index (χ0) is 16.8. The molecule has 1 aliphatic rings. The number of fused-ring (bicyclic) bond motifs is 1. The zero-order valence-corrected chi connectivity index (χ0v) is 13.9. The average molecular weight is 326 g/mol. The van der Waals surface area contributed by atoms with Gasteiger partial charge < -0.3 is 14.4 Å². The molecule has 0 spiro atoms. The maximum absolute atomic E-state index is 12.9. The Bertz CT molecular complexity index is 675. The summed E-state index contributed by atoms with van der Waals surface area (Å²) in [4.78, 5) is 18.9. The van der Waals surface area contributed by atoms with E-state index in [1.165, 1.54) is 0 Å². The largest absolute Gasteiger partial charge is 0.485 e. The van der Waals surface area contributed by atoms with E-state index in [1.807, 2.05) is 41.3 Å². The number of carbonyl (C=O) groups is 1. The van der Waals surface area contributed by atoms with Gasteiger partial charge in [-0.15, -0.1) is 0 Å². The Morgan fingerprint density at radius 1 is 1.25 bits per heavy atom. The molecule has 5 heteroatoms. The van der Waals surface area contributed by atoms with Crippen LogP contribution in [0.3, 0.4) is 0 Å². The Morgan fingerprint density at radius 2 is 2.08 bits per heavy atom. The summed E-state index contributed by atoms with van der Waals surface area (Å²) in [6.07, 6.45) is 4.90. The molecule has 0 bridgehead atoms. The van der Waals surface area contributed by atoms with Crippen LogP contribution in [-0.2, 0) is 11.3 Å². The van der Waals surface area contributed by atoms with Gasteiger partial charge in [-0.3, -0.25) is 9.78 Å². The van der Waals surface area contributed by atoms with E-state index in [0.717, 1.165) is 18.4 Å². The van der Waals surface area contributed by atoms with Gasteiger partial charge in [0.1, 0.15) is 6.61 Å². The standard InChI is InChI=1S/C19H22N2O3/c1-2-3-11-21(13-15-7-6-10-20-12-15)19(22)18-14-23-16-8-4-5-9-17(16)24-18/h4-10,12,18H,2-3,11,13-14H2,1H3. The molecule has 3 rings (SSSR count). The maximum Gasteiger partial charge on any atom is 0.267 e. The van der Waals surface area contributed by atoms with Crippen LogP contribution in [0.1, 0.15) is 25.3 Å². The van der Waals surface area contributed by atoms with Crippen molar-refractivity contribution in [1.82, 2.24) is 9.88 Å². The summed E-state index contributed by atoms with van der Waals surface area (Å²) >= 11 is 0. The van der Waals surface area contributed by atoms with Crippen LogP contribution in [0.5, 0.6) is 11.5 Å². The lowest BCUT2D eigenvalue weighted by atomic mass is 10.2. The second kappa shape index (κ2) is 7.81. The highest BCUT2D eigenvalue weighted by Crippen LogP contribution is 2.31. The van der Waals surface area contributed by atoms with Crippen LogP contribution < -0.4 is 9.47 Å². The molecule has 1 aromatic heterocycles. The summed E-state index contributed by atoms with van der Waals surface area (Å²) in [6.45, 7) is 3.59. The number of unbranched alkanes of at least 4 members (excludes halogenated alkanes) is 1. The van der Waals surface area contributed by atoms with Crippen LogP contribution in [0.25, 0.3) is 0 Å². The van der Waals surface area contributed by atoms with Gasteiger partial charge in [0.15, 0.2) is 11.5 Å². The van der Waals surface area contributed by atoms with E-state index in [4.69, 9.17) is 9.47 Å². The Labute approximate surface area is 142 Å². The Hall–Kier alpha value is -2.56. The molecule has 0 N–H and O–H groups in total. The minimum Gasteiger partial charge on any atom is -0.485 e. The molecular formula is C19H22N2O3. The predicted octanol–water partition coefficient (Wildman–Crippen LogP) is 3.05. The molecule has 5 nitrogen and oxygen atoms in total. The van der Waals surface area contributed by atoms with E-state index >= 15 is 0 Å². The lowest BCUT2D eigenvalue weighted by Crippen LogP contribution is -2.46. The second-order valence-corrected chi connectivity index (χ2v) is 5.84. The number of benzene rings is 1. The number of hydrogen-bond acceptors (Lipinski definition) is 4. The maximum atomic E-state index is 12.9. The highest BCUT2D eigenvalue weighted by atomic mass is 16.6. The van der Waals surface area contributed by atoms with E-state index in [0.29, 0.717) is 24.6 Å². The Kier molecular flexibility index (Phi) is 5.31. The predicted molar refractivity (Wildman–Crippen MR) is 90.9 cm³/mol. The fourth-order valence-electron chi connectivity index (χ4n) is 2.67. The molecule has 0 saturated carbocycles. The van der Waals surface area contributed by atoms with Crippen LogP contribution in [0.15, 0.2) is 48.8 Å². The summed E-state index contributed by atoms with van der Waals surface area (Å²) in [5, 5.41) is 0. The van der Waals surface area contributed by atoms with Crippen LogP contribution in [0.2, 0.25) is 0 Å². The molecule has 1 aromatic carbocycles. The van der Waals surface area contributed by atoms with Crippen molar-refractivity contribution >= 4 is 5.91 Å². The van der Waals surface area contributed by atoms with Crippen molar-refractivity contribution in [2.24, 2.45) is 0 Å². The molecule has 1 atom stereocenters. The van der Waals surface area contributed by atoms with E-state index in [1.54, 1.807) is 12.4 Å². The molecule has 24 heavy (non-hydrogen) atoms. The third kappa shape index (κ3) is 3.85. The van der Waals surface area contributed by atoms with Gasteiger partial charge in [0.25, 0.3) is 5.91 Å². The van der Waals surface area contributed by atoms with Gasteiger partial charge in [0, 0.05) is 25.5 Å². The van der Waals surface area contributed by atoms with Gasteiger partial charge in [-0.25, -0.2) is 0 Å². The van der Waals surface area contributed by atoms with Crippen molar-refractivity contribution in [2.45, 2.75) is 32.4 Å². The number of pyridine rings is 1. The first-order valence-electron chi connectivity index (χ1n) is 8.34. The minimum atomic E-state index is -0.603. The van der Waals surface area contributed by atoms with Crippen LogP contribution in [0, 0.1) is 0 Å². The van der Waals surface area contributed by atoms with Gasteiger partial charge in [-0.2, -0.15) is 0 Å². The number of carbonyl (C=O) groups excluding carboxylic acids is 1. The number of rotatable bonds is 6. The fourth-order valence-corrected chi connectivity index (χ4v) is 2.67. The first-order valence-corrected chi connectivity index (χ1v) is 8.34. The SMILES string of the molecule is CCCCN(Cc1cccnc1)C(=O)C1COc2ccccc2O1. The average Bonchev–Trinajstić information content (AvgIpc) is 2.65. The molecule has 0 fully saturated rings. The van der Waals surface area contributed by atoms with Crippen LogP contribution in [-0.4, -0.2) is 35.0 Å². The molecule has 2 aromatic rings. The molecule has 1 amide bonds.